The summed E-state index contributed by atoms with van der Waals surface area (Å²) in [6.07, 6.45) is 4.14. The molecule has 0 radical (unpaired) electrons. The van der Waals surface area contributed by atoms with Gasteiger partial charge in [0.15, 0.2) is 0 Å². The fourth-order valence-electron chi connectivity index (χ4n) is 1.97. The quantitative estimate of drug-likeness (QED) is 0.407. The maximum absolute atomic E-state index is 5.91. The van der Waals surface area contributed by atoms with E-state index < -0.39 is 8.80 Å². The van der Waals surface area contributed by atoms with E-state index in [2.05, 4.69) is 19.9 Å². The Morgan fingerprint density at radius 1 is 1.44 bits per heavy atom. The monoisotopic (exact) mass is 292 g/mol. The first-order valence-corrected chi connectivity index (χ1v) is 9.22. The first-order valence-electron chi connectivity index (χ1n) is 6.75. The van der Waals surface area contributed by atoms with Gasteiger partial charge in [0.2, 0.25) is 0 Å². The Bertz CT molecular complexity index is 263. The average Bonchev–Trinajstić information content (AvgIpc) is 2.34. The molecule has 3 nitrogen and oxygen atoms in total. The average molecular weight is 293 g/mol. The lowest BCUT2D eigenvalue weighted by Gasteiger charge is -2.35. The molecule has 0 bridgehead atoms. The van der Waals surface area contributed by atoms with Gasteiger partial charge in [-0.15, -0.1) is 11.6 Å². The van der Waals surface area contributed by atoms with Crippen LogP contribution in [0.4, 0.5) is 0 Å². The number of alkyl halides is 1. The molecule has 0 spiro atoms. The lowest BCUT2D eigenvalue weighted by atomic mass is 10.2. The second-order valence-electron chi connectivity index (χ2n) is 4.90. The maximum Gasteiger partial charge on any atom is 0.500 e. The molecular formula is C13H25ClO3Si. The van der Waals surface area contributed by atoms with Gasteiger partial charge in [-0.25, -0.2) is 0 Å². The molecule has 0 atom stereocenters. The van der Waals surface area contributed by atoms with Crippen molar-refractivity contribution in [3.05, 3.63) is 11.6 Å². The summed E-state index contributed by atoms with van der Waals surface area (Å²) in [7, 11) is -2.37. The van der Waals surface area contributed by atoms with Crippen molar-refractivity contribution in [3.8, 4) is 0 Å². The van der Waals surface area contributed by atoms with Crippen LogP contribution < -0.4 is 0 Å². The van der Waals surface area contributed by atoms with Crippen molar-refractivity contribution in [3.63, 3.8) is 0 Å². The normalized spacial score (nSPS) is 29.6. The van der Waals surface area contributed by atoms with E-state index in [9.17, 15) is 0 Å². The van der Waals surface area contributed by atoms with Crippen LogP contribution in [0.15, 0.2) is 11.6 Å². The molecule has 0 unspecified atom stereocenters. The van der Waals surface area contributed by atoms with E-state index >= 15 is 0 Å². The highest BCUT2D eigenvalue weighted by atomic mass is 35.5. The lowest BCUT2D eigenvalue weighted by Crippen LogP contribution is -2.51. The molecule has 1 aliphatic heterocycles. The molecule has 0 N–H and O–H groups in total. The second kappa shape index (κ2) is 8.33. The van der Waals surface area contributed by atoms with Crippen LogP contribution >= 0.6 is 11.6 Å². The van der Waals surface area contributed by atoms with Gasteiger partial charge in [0, 0.05) is 37.7 Å². The predicted octanol–water partition coefficient (Wildman–Crippen LogP) is 3.61. The summed E-state index contributed by atoms with van der Waals surface area (Å²) in [5, 5.41) is 0. The van der Waals surface area contributed by atoms with Crippen molar-refractivity contribution in [1.82, 2.24) is 0 Å². The third kappa shape index (κ3) is 5.41. The first kappa shape index (κ1) is 16.2. The highest BCUT2D eigenvalue weighted by Crippen LogP contribution is 2.25. The van der Waals surface area contributed by atoms with Crippen LogP contribution in [0.5, 0.6) is 0 Å². The van der Waals surface area contributed by atoms with Crippen LogP contribution in [0.25, 0.3) is 0 Å². The van der Waals surface area contributed by atoms with Crippen molar-refractivity contribution in [2.24, 2.45) is 5.92 Å². The van der Waals surface area contributed by atoms with Crippen molar-refractivity contribution in [2.75, 3.05) is 25.7 Å². The van der Waals surface area contributed by atoms with Crippen molar-refractivity contribution >= 4 is 20.4 Å². The van der Waals surface area contributed by atoms with Crippen LogP contribution in [0, 0.1) is 5.92 Å². The lowest BCUT2D eigenvalue weighted by molar-refractivity contribution is -0.00278. The van der Waals surface area contributed by atoms with Gasteiger partial charge in [-0.1, -0.05) is 18.6 Å². The van der Waals surface area contributed by atoms with Gasteiger partial charge in [-0.2, -0.15) is 0 Å². The Kier molecular flexibility index (Phi) is 7.49. The van der Waals surface area contributed by atoms with Crippen molar-refractivity contribution in [1.29, 1.82) is 0 Å². The van der Waals surface area contributed by atoms with Crippen LogP contribution in [-0.2, 0) is 13.3 Å². The number of hydrogen-bond acceptors (Lipinski definition) is 3. The van der Waals surface area contributed by atoms with Crippen molar-refractivity contribution in [2.45, 2.75) is 39.7 Å². The molecule has 0 amide bonds. The van der Waals surface area contributed by atoms with Gasteiger partial charge >= 0.3 is 8.80 Å². The van der Waals surface area contributed by atoms with Gasteiger partial charge in [-0.3, -0.25) is 0 Å². The zero-order valence-corrected chi connectivity index (χ0v) is 13.5. The molecule has 1 saturated heterocycles. The Morgan fingerprint density at radius 2 is 2.11 bits per heavy atom. The molecule has 1 fully saturated rings. The molecule has 18 heavy (non-hydrogen) atoms. The molecule has 0 aromatic rings. The largest absolute Gasteiger partial charge is 0.500 e. The van der Waals surface area contributed by atoms with Crippen LogP contribution in [0.2, 0.25) is 6.04 Å². The number of rotatable bonds is 7. The molecule has 0 aliphatic carbocycles. The third-order valence-corrected chi connectivity index (χ3v) is 6.08. The third-order valence-electron chi connectivity index (χ3n) is 3.02. The fourth-order valence-corrected chi connectivity index (χ4v) is 5.04. The maximum atomic E-state index is 5.91. The minimum atomic E-state index is -2.37. The molecule has 0 aromatic carbocycles. The minimum absolute atomic E-state index is 0.476. The predicted molar refractivity (Wildman–Crippen MR) is 77.0 cm³/mol. The van der Waals surface area contributed by atoms with E-state index in [1.54, 1.807) is 0 Å². The zero-order valence-electron chi connectivity index (χ0n) is 11.7. The smallest absolute Gasteiger partial charge is 0.374 e. The van der Waals surface area contributed by atoms with Gasteiger partial charge < -0.3 is 13.3 Å². The van der Waals surface area contributed by atoms with Gasteiger partial charge in [-0.05, 0) is 26.7 Å². The molecule has 0 saturated carbocycles. The van der Waals surface area contributed by atoms with E-state index in [1.807, 2.05) is 6.92 Å². The Labute approximate surface area is 117 Å². The number of hydrogen-bond donors (Lipinski definition) is 0. The van der Waals surface area contributed by atoms with Gasteiger partial charge in [0.05, 0.1) is 0 Å². The van der Waals surface area contributed by atoms with Crippen LogP contribution in [0.3, 0.4) is 0 Å². The highest BCUT2D eigenvalue weighted by Gasteiger charge is 2.43. The summed E-state index contributed by atoms with van der Waals surface area (Å²) < 4.78 is 17.6. The van der Waals surface area contributed by atoms with Gasteiger partial charge in [0.25, 0.3) is 0 Å². The second-order valence-corrected chi connectivity index (χ2v) is 7.94. The molecule has 5 heteroatoms. The summed E-state index contributed by atoms with van der Waals surface area (Å²) in [5.74, 6) is 1.06. The Hall–Kier alpha value is 0.127. The standard InChI is InChI=1S/C13H25ClO3Si/c1-4-15-18(16-10-13(3)11-17-18)9-5-6-12(2)7-8-14/h7,13H,4-6,8-11H2,1-3H3. The van der Waals surface area contributed by atoms with E-state index in [4.69, 9.17) is 24.9 Å². The minimum Gasteiger partial charge on any atom is -0.374 e. The number of halogens is 1. The van der Waals surface area contributed by atoms with Crippen LogP contribution in [-0.4, -0.2) is 34.5 Å². The van der Waals surface area contributed by atoms with E-state index in [1.165, 1.54) is 5.57 Å². The molecular weight excluding hydrogens is 268 g/mol. The first-order chi connectivity index (χ1) is 8.62. The van der Waals surface area contributed by atoms with E-state index in [0.29, 0.717) is 18.4 Å². The summed E-state index contributed by atoms with van der Waals surface area (Å²) in [4.78, 5) is 0. The molecule has 1 rings (SSSR count). The zero-order chi connectivity index (χ0) is 13.4. The summed E-state index contributed by atoms with van der Waals surface area (Å²) in [6, 6.07) is 0.904. The summed E-state index contributed by atoms with van der Waals surface area (Å²) in [5.41, 5.74) is 1.33. The number of allylic oxidation sites excluding steroid dienone is 2. The topological polar surface area (TPSA) is 27.7 Å². The van der Waals surface area contributed by atoms with Crippen LogP contribution in [0.1, 0.15) is 33.6 Å². The fraction of sp³-hybridized carbons (Fsp3) is 0.846. The Balaban J connectivity index is 2.40. The van der Waals surface area contributed by atoms with E-state index in [-0.39, 0.29) is 0 Å². The van der Waals surface area contributed by atoms with Gasteiger partial charge in [0.1, 0.15) is 0 Å². The Morgan fingerprint density at radius 3 is 2.67 bits per heavy atom. The van der Waals surface area contributed by atoms with Crippen molar-refractivity contribution < 1.29 is 13.3 Å². The summed E-state index contributed by atoms with van der Waals surface area (Å²) in [6.45, 7) is 8.44. The summed E-state index contributed by atoms with van der Waals surface area (Å²) >= 11 is 5.68. The SMILES string of the molecule is CCO[Si]1(CCCC(C)=CCCl)OCC(C)CO1. The molecule has 1 heterocycles. The molecule has 0 aromatic heterocycles. The highest BCUT2D eigenvalue weighted by molar-refractivity contribution is 6.60. The molecule has 1 aliphatic rings. The van der Waals surface area contributed by atoms with E-state index in [0.717, 1.165) is 32.1 Å². The molecule has 106 valence electrons.